The standard InChI is InChI=1S/C25H28N2O2S/c1-15-7-9-18(10-8-15)13-23-25(29)27-21-14-19(11-12-22(21)30-23)24(28)26-20-6-4-5-16(2)17(20)3/h7-14,16-17,20H,4-6H2,1-3H3,(H,26,28)(H,27,29)/b23-13+/t16-,17+,20+/m0/s1. The van der Waals surface area contributed by atoms with E-state index in [1.54, 1.807) is 6.07 Å². The summed E-state index contributed by atoms with van der Waals surface area (Å²) in [4.78, 5) is 27.0. The first kappa shape index (κ1) is 20.7. The number of hydrogen-bond acceptors (Lipinski definition) is 3. The first-order chi connectivity index (χ1) is 14.4. The highest BCUT2D eigenvalue weighted by Gasteiger charge is 2.29. The third-order valence-electron chi connectivity index (χ3n) is 6.33. The third kappa shape index (κ3) is 4.46. The Morgan fingerprint density at radius 1 is 1.13 bits per heavy atom. The average molecular weight is 421 g/mol. The summed E-state index contributed by atoms with van der Waals surface area (Å²) in [6, 6.07) is 13.8. The summed E-state index contributed by atoms with van der Waals surface area (Å²) in [6.45, 7) is 6.52. The number of carbonyl (C=O) groups excluding carboxylic acids is 2. The van der Waals surface area contributed by atoms with Gasteiger partial charge in [-0.05, 0) is 55.0 Å². The number of nitrogens with one attached hydrogen (secondary N) is 2. The Bertz CT molecular complexity index is 997. The van der Waals surface area contributed by atoms with Gasteiger partial charge in [-0.1, -0.05) is 68.3 Å². The van der Waals surface area contributed by atoms with Gasteiger partial charge in [-0.2, -0.15) is 0 Å². The fraction of sp³-hybridized carbons (Fsp3) is 0.360. The van der Waals surface area contributed by atoms with Crippen molar-refractivity contribution in [1.82, 2.24) is 5.32 Å². The van der Waals surface area contributed by atoms with Crippen molar-refractivity contribution >= 4 is 35.3 Å². The minimum Gasteiger partial charge on any atom is -0.349 e. The molecule has 2 aromatic carbocycles. The molecule has 0 saturated heterocycles. The fourth-order valence-corrected chi connectivity index (χ4v) is 5.08. The molecular formula is C25H28N2O2S. The molecule has 1 aliphatic carbocycles. The lowest BCUT2D eigenvalue weighted by Crippen LogP contribution is -2.43. The number of anilines is 1. The highest BCUT2D eigenvalue weighted by molar-refractivity contribution is 8.04. The van der Waals surface area contributed by atoms with E-state index in [-0.39, 0.29) is 17.9 Å². The quantitative estimate of drug-likeness (QED) is 0.632. The maximum atomic E-state index is 12.8. The summed E-state index contributed by atoms with van der Waals surface area (Å²) in [6.07, 6.45) is 5.31. The summed E-state index contributed by atoms with van der Waals surface area (Å²) in [5.74, 6) is 0.899. The molecule has 0 bridgehead atoms. The van der Waals surface area contributed by atoms with Crippen LogP contribution in [0.4, 0.5) is 5.69 Å². The molecule has 0 unspecified atom stereocenters. The molecule has 1 saturated carbocycles. The lowest BCUT2D eigenvalue weighted by Gasteiger charge is -2.34. The number of amides is 2. The van der Waals surface area contributed by atoms with Gasteiger partial charge in [0.05, 0.1) is 10.6 Å². The van der Waals surface area contributed by atoms with E-state index < -0.39 is 0 Å². The smallest absolute Gasteiger partial charge is 0.262 e. The Labute approximate surface area is 182 Å². The molecule has 2 aromatic rings. The Kier molecular flexibility index (Phi) is 6.00. The van der Waals surface area contributed by atoms with Gasteiger partial charge in [0.15, 0.2) is 0 Å². The summed E-state index contributed by atoms with van der Waals surface area (Å²) in [5, 5.41) is 6.16. The topological polar surface area (TPSA) is 58.2 Å². The molecule has 1 fully saturated rings. The highest BCUT2D eigenvalue weighted by atomic mass is 32.2. The maximum Gasteiger partial charge on any atom is 0.262 e. The second kappa shape index (κ2) is 8.68. The molecule has 0 radical (unpaired) electrons. The molecular weight excluding hydrogens is 392 g/mol. The van der Waals surface area contributed by atoms with Gasteiger partial charge < -0.3 is 10.6 Å². The van der Waals surface area contributed by atoms with Gasteiger partial charge in [0.1, 0.15) is 0 Å². The molecule has 1 heterocycles. The largest absolute Gasteiger partial charge is 0.349 e. The molecule has 5 heteroatoms. The number of rotatable bonds is 3. The van der Waals surface area contributed by atoms with Crippen LogP contribution in [-0.4, -0.2) is 17.9 Å². The molecule has 0 aromatic heterocycles. The van der Waals surface area contributed by atoms with Crippen LogP contribution >= 0.6 is 11.8 Å². The van der Waals surface area contributed by atoms with E-state index in [2.05, 4.69) is 24.5 Å². The van der Waals surface area contributed by atoms with Crippen LogP contribution in [0.1, 0.15) is 54.6 Å². The van der Waals surface area contributed by atoms with Crippen molar-refractivity contribution in [2.24, 2.45) is 11.8 Å². The normalized spacial score (nSPS) is 24.8. The lowest BCUT2D eigenvalue weighted by molar-refractivity contribution is -0.112. The number of fused-ring (bicyclic) bond motifs is 1. The van der Waals surface area contributed by atoms with Gasteiger partial charge in [0.2, 0.25) is 0 Å². The number of hydrogen-bond donors (Lipinski definition) is 2. The van der Waals surface area contributed by atoms with Gasteiger partial charge >= 0.3 is 0 Å². The van der Waals surface area contributed by atoms with Crippen LogP contribution in [0.3, 0.4) is 0 Å². The van der Waals surface area contributed by atoms with Crippen molar-refractivity contribution in [1.29, 1.82) is 0 Å². The molecule has 3 atom stereocenters. The molecule has 30 heavy (non-hydrogen) atoms. The van der Waals surface area contributed by atoms with Crippen molar-refractivity contribution in [3.8, 4) is 0 Å². The molecule has 2 aliphatic rings. The summed E-state index contributed by atoms with van der Waals surface area (Å²) >= 11 is 1.44. The molecule has 4 rings (SSSR count). The van der Waals surface area contributed by atoms with E-state index in [1.165, 1.54) is 23.7 Å². The Morgan fingerprint density at radius 3 is 2.67 bits per heavy atom. The van der Waals surface area contributed by atoms with Gasteiger partial charge in [0, 0.05) is 16.5 Å². The van der Waals surface area contributed by atoms with Crippen molar-refractivity contribution in [2.75, 3.05) is 5.32 Å². The summed E-state index contributed by atoms with van der Waals surface area (Å²) < 4.78 is 0. The number of carbonyl (C=O) groups is 2. The predicted molar refractivity (Wildman–Crippen MR) is 124 cm³/mol. The zero-order chi connectivity index (χ0) is 21.3. The maximum absolute atomic E-state index is 12.8. The molecule has 1 aliphatic heterocycles. The fourth-order valence-electron chi connectivity index (χ4n) is 4.15. The second-order valence-electron chi connectivity index (χ2n) is 8.53. The van der Waals surface area contributed by atoms with Crippen LogP contribution in [0.5, 0.6) is 0 Å². The molecule has 2 amide bonds. The summed E-state index contributed by atoms with van der Waals surface area (Å²) in [5.41, 5.74) is 3.47. The SMILES string of the molecule is Cc1ccc(/C=C2/Sc3ccc(C(=O)N[C@@H]4CCC[C@H](C)[C@H]4C)cc3NC2=O)cc1. The monoisotopic (exact) mass is 420 g/mol. The number of benzene rings is 2. The van der Waals surface area contributed by atoms with Crippen LogP contribution in [0.15, 0.2) is 52.3 Å². The highest BCUT2D eigenvalue weighted by Crippen LogP contribution is 2.39. The van der Waals surface area contributed by atoms with Crippen LogP contribution in [0, 0.1) is 18.8 Å². The van der Waals surface area contributed by atoms with E-state index in [4.69, 9.17) is 0 Å². The van der Waals surface area contributed by atoms with Crippen LogP contribution in [0.25, 0.3) is 6.08 Å². The lowest BCUT2D eigenvalue weighted by atomic mass is 9.78. The second-order valence-corrected chi connectivity index (χ2v) is 9.62. The van der Waals surface area contributed by atoms with Gasteiger partial charge in [-0.3, -0.25) is 9.59 Å². The zero-order valence-electron chi connectivity index (χ0n) is 17.7. The van der Waals surface area contributed by atoms with Crippen LogP contribution in [-0.2, 0) is 4.79 Å². The van der Waals surface area contributed by atoms with E-state index in [0.717, 1.165) is 23.3 Å². The van der Waals surface area contributed by atoms with E-state index >= 15 is 0 Å². The van der Waals surface area contributed by atoms with Gasteiger partial charge in [-0.25, -0.2) is 0 Å². The van der Waals surface area contributed by atoms with E-state index in [0.29, 0.717) is 28.0 Å². The van der Waals surface area contributed by atoms with Crippen molar-refractivity contribution in [3.05, 3.63) is 64.1 Å². The molecule has 156 valence electrons. The minimum absolute atomic E-state index is 0.0657. The van der Waals surface area contributed by atoms with Crippen molar-refractivity contribution in [2.45, 2.75) is 51.0 Å². The molecule has 4 nitrogen and oxygen atoms in total. The minimum atomic E-state index is -0.139. The average Bonchev–Trinajstić information content (AvgIpc) is 2.73. The first-order valence-corrected chi connectivity index (χ1v) is 11.4. The molecule has 0 spiro atoms. The first-order valence-electron chi connectivity index (χ1n) is 10.6. The Hall–Kier alpha value is -2.53. The summed E-state index contributed by atoms with van der Waals surface area (Å²) in [7, 11) is 0. The van der Waals surface area contributed by atoms with Gasteiger partial charge in [-0.15, -0.1) is 0 Å². The Morgan fingerprint density at radius 2 is 1.90 bits per heavy atom. The van der Waals surface area contributed by atoms with E-state index in [9.17, 15) is 9.59 Å². The van der Waals surface area contributed by atoms with Crippen molar-refractivity contribution in [3.63, 3.8) is 0 Å². The van der Waals surface area contributed by atoms with Crippen molar-refractivity contribution < 1.29 is 9.59 Å². The molecule has 2 N–H and O–H groups in total. The number of thioether (sulfide) groups is 1. The Balaban J connectivity index is 1.49. The third-order valence-corrected chi connectivity index (χ3v) is 7.43. The predicted octanol–water partition coefficient (Wildman–Crippen LogP) is 5.63. The van der Waals surface area contributed by atoms with E-state index in [1.807, 2.05) is 49.4 Å². The van der Waals surface area contributed by atoms with Crippen LogP contribution < -0.4 is 10.6 Å². The van der Waals surface area contributed by atoms with Crippen LogP contribution in [0.2, 0.25) is 0 Å². The zero-order valence-corrected chi connectivity index (χ0v) is 18.5. The van der Waals surface area contributed by atoms with Gasteiger partial charge in [0.25, 0.3) is 11.8 Å². The number of aryl methyl sites for hydroxylation is 1.